The predicted octanol–water partition coefficient (Wildman–Crippen LogP) is 1.32. The van der Waals surface area contributed by atoms with Crippen molar-refractivity contribution in [2.75, 3.05) is 6.61 Å². The molecular formula is C11H15BrN2O4. The summed E-state index contributed by atoms with van der Waals surface area (Å²) in [6, 6.07) is 3.21. The molecule has 0 aromatic carbocycles. The van der Waals surface area contributed by atoms with Crippen molar-refractivity contribution in [3.63, 3.8) is 0 Å². The van der Waals surface area contributed by atoms with Crippen molar-refractivity contribution in [1.29, 1.82) is 0 Å². The minimum atomic E-state index is -1.35. The second-order valence-corrected chi connectivity index (χ2v) is 5.37. The van der Waals surface area contributed by atoms with Gasteiger partial charge >= 0.3 is 5.97 Å². The Morgan fingerprint density at radius 3 is 2.61 bits per heavy atom. The molecule has 100 valence electrons. The van der Waals surface area contributed by atoms with E-state index in [0.29, 0.717) is 4.60 Å². The fourth-order valence-corrected chi connectivity index (χ4v) is 1.19. The summed E-state index contributed by atoms with van der Waals surface area (Å²) in [5.41, 5.74) is -0.643. The monoisotopic (exact) mass is 318 g/mol. The van der Waals surface area contributed by atoms with Crippen molar-refractivity contribution in [2.45, 2.75) is 32.5 Å². The van der Waals surface area contributed by atoms with E-state index in [4.69, 9.17) is 9.47 Å². The zero-order chi connectivity index (χ0) is 13.8. The number of esters is 1. The smallest absolute Gasteiger partial charge is 0.339 e. The minimum Gasteiger partial charge on any atom is -0.473 e. The lowest BCUT2D eigenvalue weighted by molar-refractivity contribution is -0.166. The maximum Gasteiger partial charge on any atom is 0.339 e. The van der Waals surface area contributed by atoms with Gasteiger partial charge in [-0.25, -0.2) is 4.79 Å². The number of ether oxygens (including phenoxy) is 2. The highest BCUT2D eigenvalue weighted by atomic mass is 79.9. The number of aliphatic hydroxyl groups excluding tert-OH is 1. The topological polar surface area (TPSA) is 81.5 Å². The fourth-order valence-electron chi connectivity index (χ4n) is 0.983. The van der Waals surface area contributed by atoms with Crippen LogP contribution >= 0.6 is 15.9 Å². The van der Waals surface area contributed by atoms with Crippen LogP contribution in [-0.4, -0.2) is 39.6 Å². The largest absolute Gasteiger partial charge is 0.473 e. The Balaban J connectivity index is 2.43. The molecule has 1 aromatic heterocycles. The van der Waals surface area contributed by atoms with Gasteiger partial charge in [0.15, 0.2) is 6.10 Å². The van der Waals surface area contributed by atoms with Crippen molar-refractivity contribution in [3.8, 4) is 5.88 Å². The number of hydrogen-bond donors (Lipinski definition) is 1. The van der Waals surface area contributed by atoms with Gasteiger partial charge in [-0.1, -0.05) is 0 Å². The van der Waals surface area contributed by atoms with Crippen LogP contribution in [0.5, 0.6) is 5.88 Å². The maximum atomic E-state index is 11.4. The second kappa shape index (κ2) is 6.10. The van der Waals surface area contributed by atoms with E-state index in [1.165, 1.54) is 0 Å². The first kappa shape index (κ1) is 14.8. The summed E-state index contributed by atoms with van der Waals surface area (Å²) in [4.78, 5) is 11.4. The molecule has 0 aliphatic rings. The molecule has 0 radical (unpaired) electrons. The first-order valence-corrected chi connectivity index (χ1v) is 6.10. The molecule has 0 fully saturated rings. The van der Waals surface area contributed by atoms with Crippen molar-refractivity contribution in [1.82, 2.24) is 10.2 Å². The normalized spacial score (nSPS) is 12.9. The van der Waals surface area contributed by atoms with Crippen LogP contribution in [0.25, 0.3) is 0 Å². The number of carbonyl (C=O) groups is 1. The van der Waals surface area contributed by atoms with E-state index in [9.17, 15) is 9.90 Å². The fraction of sp³-hybridized carbons (Fsp3) is 0.545. The van der Waals surface area contributed by atoms with Gasteiger partial charge in [0, 0.05) is 6.07 Å². The lowest BCUT2D eigenvalue weighted by Gasteiger charge is -2.21. The standard InChI is InChI=1S/C11H15BrN2O4/c1-11(2,3)18-10(16)7(15)6-17-9-5-4-8(12)13-14-9/h4-5,7,15H,6H2,1-3H3/t7-/m1/s1. The van der Waals surface area contributed by atoms with Crippen LogP contribution in [-0.2, 0) is 9.53 Å². The molecule has 0 spiro atoms. The zero-order valence-corrected chi connectivity index (χ0v) is 12.0. The first-order valence-electron chi connectivity index (χ1n) is 5.31. The lowest BCUT2D eigenvalue weighted by atomic mass is 10.2. The summed E-state index contributed by atoms with van der Waals surface area (Å²) < 4.78 is 10.7. The number of halogens is 1. The number of aromatic nitrogens is 2. The Morgan fingerprint density at radius 1 is 1.44 bits per heavy atom. The van der Waals surface area contributed by atoms with E-state index < -0.39 is 17.7 Å². The molecule has 1 aromatic rings. The van der Waals surface area contributed by atoms with E-state index in [0.717, 1.165) is 0 Å². The van der Waals surface area contributed by atoms with Crippen molar-refractivity contribution in [2.24, 2.45) is 0 Å². The van der Waals surface area contributed by atoms with Gasteiger partial charge in [-0.2, -0.15) is 0 Å². The Labute approximate surface area is 113 Å². The summed E-state index contributed by atoms with van der Waals surface area (Å²) >= 11 is 3.13. The number of rotatable bonds is 4. The van der Waals surface area contributed by atoms with Crippen molar-refractivity contribution >= 4 is 21.9 Å². The van der Waals surface area contributed by atoms with E-state index in [-0.39, 0.29) is 12.5 Å². The maximum absolute atomic E-state index is 11.4. The van der Waals surface area contributed by atoms with E-state index in [2.05, 4.69) is 26.1 Å². The molecule has 6 nitrogen and oxygen atoms in total. The highest BCUT2D eigenvalue weighted by Crippen LogP contribution is 2.11. The molecule has 7 heteroatoms. The summed E-state index contributed by atoms with van der Waals surface area (Å²) in [6.45, 7) is 4.93. The summed E-state index contributed by atoms with van der Waals surface area (Å²) in [6.07, 6.45) is -1.35. The summed E-state index contributed by atoms with van der Waals surface area (Å²) in [5.74, 6) is -0.506. The van der Waals surface area contributed by atoms with Crippen LogP contribution in [0.15, 0.2) is 16.7 Å². The third kappa shape index (κ3) is 5.42. The molecule has 0 unspecified atom stereocenters. The SMILES string of the molecule is CC(C)(C)OC(=O)[C@H](O)COc1ccc(Br)nn1. The molecule has 1 N–H and O–H groups in total. The van der Waals surface area contributed by atoms with Gasteiger partial charge in [-0.3, -0.25) is 0 Å². The van der Waals surface area contributed by atoms with Gasteiger partial charge in [-0.15, -0.1) is 10.2 Å². The van der Waals surface area contributed by atoms with Crippen LogP contribution in [0.1, 0.15) is 20.8 Å². The van der Waals surface area contributed by atoms with Crippen LogP contribution in [0.3, 0.4) is 0 Å². The highest BCUT2D eigenvalue weighted by molar-refractivity contribution is 9.10. The molecule has 0 amide bonds. The molecule has 0 aliphatic carbocycles. The summed E-state index contributed by atoms with van der Waals surface area (Å²) in [5, 5.41) is 16.9. The van der Waals surface area contributed by atoms with Crippen molar-refractivity contribution in [3.05, 3.63) is 16.7 Å². The van der Waals surface area contributed by atoms with Gasteiger partial charge in [0.25, 0.3) is 0 Å². The molecule has 18 heavy (non-hydrogen) atoms. The molecule has 0 saturated carbocycles. The van der Waals surface area contributed by atoms with Crippen LogP contribution in [0, 0.1) is 0 Å². The molecule has 0 bridgehead atoms. The second-order valence-electron chi connectivity index (χ2n) is 4.55. The highest BCUT2D eigenvalue weighted by Gasteiger charge is 2.23. The third-order valence-electron chi connectivity index (χ3n) is 1.68. The molecule has 1 atom stereocenters. The van der Waals surface area contributed by atoms with Gasteiger partial charge < -0.3 is 14.6 Å². The number of carbonyl (C=O) groups excluding carboxylic acids is 1. The predicted molar refractivity (Wildman–Crippen MR) is 67.1 cm³/mol. The van der Waals surface area contributed by atoms with E-state index >= 15 is 0 Å². The molecule has 0 saturated heterocycles. The Bertz CT molecular complexity index is 402. The van der Waals surface area contributed by atoms with Gasteiger partial charge in [0.1, 0.15) is 16.8 Å². The quantitative estimate of drug-likeness (QED) is 0.843. The van der Waals surface area contributed by atoms with Crippen molar-refractivity contribution < 1.29 is 19.4 Å². The Kier molecular flexibility index (Phi) is 5.03. The molecular weight excluding hydrogens is 304 g/mol. The minimum absolute atomic E-state index is 0.223. The molecule has 0 aliphatic heterocycles. The lowest BCUT2D eigenvalue weighted by Crippen LogP contribution is -2.35. The molecule has 1 rings (SSSR count). The van der Waals surface area contributed by atoms with Crippen LogP contribution in [0.2, 0.25) is 0 Å². The number of aliphatic hydroxyl groups is 1. The average molecular weight is 319 g/mol. The Hall–Kier alpha value is -1.21. The van der Waals surface area contributed by atoms with Crippen LogP contribution < -0.4 is 4.74 Å². The number of nitrogens with zero attached hydrogens (tertiary/aromatic N) is 2. The third-order valence-corrected chi connectivity index (χ3v) is 2.10. The Morgan fingerprint density at radius 2 is 2.11 bits per heavy atom. The zero-order valence-electron chi connectivity index (χ0n) is 10.4. The van der Waals surface area contributed by atoms with E-state index in [1.807, 2.05) is 0 Å². The average Bonchev–Trinajstić information content (AvgIpc) is 2.25. The number of hydrogen-bond acceptors (Lipinski definition) is 6. The molecule has 1 heterocycles. The first-order chi connectivity index (χ1) is 8.28. The van der Waals surface area contributed by atoms with Gasteiger partial charge in [0.2, 0.25) is 5.88 Å². The van der Waals surface area contributed by atoms with E-state index in [1.54, 1.807) is 32.9 Å². The van der Waals surface area contributed by atoms with Gasteiger partial charge in [-0.05, 0) is 42.8 Å². The van der Waals surface area contributed by atoms with Gasteiger partial charge in [0.05, 0.1) is 0 Å². The summed E-state index contributed by atoms with van der Waals surface area (Å²) in [7, 11) is 0. The van der Waals surface area contributed by atoms with Crippen LogP contribution in [0.4, 0.5) is 0 Å².